The number of aromatic hydroxyl groups is 1. The Balaban J connectivity index is 2.20. The van der Waals surface area contributed by atoms with Crippen molar-refractivity contribution in [3.63, 3.8) is 0 Å². The van der Waals surface area contributed by atoms with Gasteiger partial charge in [0.2, 0.25) is 0 Å². The van der Waals surface area contributed by atoms with Crippen molar-refractivity contribution in [2.24, 2.45) is 0 Å². The number of aliphatic carboxylic acids is 1. The number of benzene rings is 1. The molecule has 28 heavy (non-hydrogen) atoms. The van der Waals surface area contributed by atoms with Gasteiger partial charge in [0.15, 0.2) is 5.78 Å². The Hall–Kier alpha value is -2.16. The van der Waals surface area contributed by atoms with Gasteiger partial charge < -0.3 is 29.2 Å². The van der Waals surface area contributed by atoms with Gasteiger partial charge in [-0.1, -0.05) is 13.3 Å². The first kappa shape index (κ1) is 23.9. The predicted molar refractivity (Wildman–Crippen MR) is 102 cm³/mol. The summed E-state index contributed by atoms with van der Waals surface area (Å²) >= 11 is 0. The molecule has 0 radical (unpaired) electrons. The van der Waals surface area contributed by atoms with E-state index < -0.39 is 5.97 Å². The standard InChI is InChI=1S/C20H30O8/c1-3-4-17-18(6-5-16(15(2)21)20(17)24)28-14-13-27-12-11-26-10-9-25-8-7-19(22)23/h5-6,24H,3-4,7-14H2,1-2H3,(H,22,23). The Bertz CT molecular complexity index is 614. The van der Waals surface area contributed by atoms with E-state index in [1.54, 1.807) is 12.1 Å². The van der Waals surface area contributed by atoms with Crippen molar-refractivity contribution in [1.82, 2.24) is 0 Å². The number of ketones is 1. The molecular formula is C20H30O8. The zero-order valence-corrected chi connectivity index (χ0v) is 16.6. The van der Waals surface area contributed by atoms with Crippen LogP contribution in [0.5, 0.6) is 11.5 Å². The van der Waals surface area contributed by atoms with Gasteiger partial charge in [-0.25, -0.2) is 0 Å². The van der Waals surface area contributed by atoms with Crippen LogP contribution in [0.15, 0.2) is 12.1 Å². The highest BCUT2D eigenvalue weighted by Crippen LogP contribution is 2.32. The average molecular weight is 398 g/mol. The summed E-state index contributed by atoms with van der Waals surface area (Å²) in [6.07, 6.45) is 1.42. The maximum Gasteiger partial charge on any atom is 0.305 e. The minimum Gasteiger partial charge on any atom is -0.507 e. The molecule has 0 bridgehead atoms. The predicted octanol–water partition coefficient (Wildman–Crippen LogP) is 2.45. The van der Waals surface area contributed by atoms with Crippen LogP contribution in [-0.2, 0) is 25.4 Å². The number of Topliss-reactive ketones (excluding diaryl/α,β-unsaturated/α-hetero) is 1. The normalized spacial score (nSPS) is 10.8. The van der Waals surface area contributed by atoms with Crippen LogP contribution >= 0.6 is 0 Å². The molecule has 1 aromatic rings. The third-order valence-electron chi connectivity index (χ3n) is 3.81. The van der Waals surface area contributed by atoms with Gasteiger partial charge >= 0.3 is 5.97 Å². The van der Waals surface area contributed by atoms with Crippen LogP contribution < -0.4 is 4.74 Å². The first-order valence-electron chi connectivity index (χ1n) is 9.41. The lowest BCUT2D eigenvalue weighted by Gasteiger charge is -2.14. The summed E-state index contributed by atoms with van der Waals surface area (Å²) < 4.78 is 21.5. The summed E-state index contributed by atoms with van der Waals surface area (Å²) in [5.74, 6) is -0.519. The zero-order valence-electron chi connectivity index (χ0n) is 16.6. The molecule has 158 valence electrons. The van der Waals surface area contributed by atoms with Gasteiger partial charge in [-0.2, -0.15) is 0 Å². The number of carbonyl (C=O) groups is 2. The molecule has 0 heterocycles. The number of phenols is 1. The molecule has 0 unspecified atom stereocenters. The molecule has 1 rings (SSSR count). The molecule has 0 fully saturated rings. The molecule has 0 saturated heterocycles. The first-order valence-corrected chi connectivity index (χ1v) is 9.41. The second-order valence-corrected chi connectivity index (χ2v) is 6.07. The summed E-state index contributed by atoms with van der Waals surface area (Å²) in [6.45, 7) is 5.78. The van der Waals surface area contributed by atoms with E-state index in [1.165, 1.54) is 6.92 Å². The highest BCUT2D eigenvalue weighted by Gasteiger charge is 2.15. The molecule has 2 N–H and O–H groups in total. The van der Waals surface area contributed by atoms with Crippen molar-refractivity contribution >= 4 is 11.8 Å². The van der Waals surface area contributed by atoms with Crippen LogP contribution in [0.2, 0.25) is 0 Å². The van der Waals surface area contributed by atoms with Crippen LogP contribution in [0.25, 0.3) is 0 Å². The Morgan fingerprint density at radius 3 is 2.04 bits per heavy atom. The van der Waals surface area contributed by atoms with Gasteiger partial charge in [0.05, 0.1) is 51.6 Å². The van der Waals surface area contributed by atoms with Crippen molar-refractivity contribution in [3.8, 4) is 11.5 Å². The van der Waals surface area contributed by atoms with Gasteiger partial charge in [-0.15, -0.1) is 0 Å². The van der Waals surface area contributed by atoms with E-state index in [1.807, 2.05) is 6.92 Å². The van der Waals surface area contributed by atoms with Crippen LogP contribution in [0.4, 0.5) is 0 Å². The summed E-state index contributed by atoms with van der Waals surface area (Å²) in [6, 6.07) is 3.27. The Morgan fingerprint density at radius 2 is 1.50 bits per heavy atom. The number of hydrogen-bond donors (Lipinski definition) is 2. The zero-order chi connectivity index (χ0) is 20.8. The van der Waals surface area contributed by atoms with Crippen molar-refractivity contribution in [3.05, 3.63) is 23.3 Å². The van der Waals surface area contributed by atoms with Gasteiger partial charge in [0.1, 0.15) is 18.1 Å². The highest BCUT2D eigenvalue weighted by atomic mass is 16.6. The minimum absolute atomic E-state index is 0.00765. The molecule has 0 aliphatic heterocycles. The number of carbonyl (C=O) groups excluding carboxylic acids is 1. The third-order valence-corrected chi connectivity index (χ3v) is 3.81. The van der Waals surface area contributed by atoms with Gasteiger partial charge in [-0.3, -0.25) is 9.59 Å². The Morgan fingerprint density at radius 1 is 0.929 bits per heavy atom. The first-order chi connectivity index (χ1) is 13.5. The Labute approximate surface area is 165 Å². The largest absolute Gasteiger partial charge is 0.507 e. The Kier molecular flexibility index (Phi) is 11.9. The van der Waals surface area contributed by atoms with Gasteiger partial charge in [-0.05, 0) is 25.5 Å². The fraction of sp³-hybridized carbons (Fsp3) is 0.600. The molecular weight excluding hydrogens is 368 g/mol. The van der Waals surface area contributed by atoms with E-state index in [4.69, 9.17) is 24.1 Å². The molecule has 8 heteroatoms. The molecule has 0 atom stereocenters. The maximum absolute atomic E-state index is 11.6. The maximum atomic E-state index is 11.6. The second kappa shape index (κ2) is 13.9. The third kappa shape index (κ3) is 9.16. The van der Waals surface area contributed by atoms with E-state index >= 15 is 0 Å². The quantitative estimate of drug-likeness (QED) is 0.323. The van der Waals surface area contributed by atoms with Crippen LogP contribution in [-0.4, -0.2) is 68.2 Å². The SMILES string of the molecule is CCCc1c(OCCOCCOCCOCCC(=O)O)ccc(C(C)=O)c1O. The molecule has 0 aliphatic rings. The topological polar surface area (TPSA) is 112 Å². The number of phenolic OH excluding ortho intramolecular Hbond substituents is 1. The van der Waals surface area contributed by atoms with Crippen molar-refractivity contribution in [1.29, 1.82) is 0 Å². The van der Waals surface area contributed by atoms with Crippen molar-refractivity contribution in [2.75, 3.05) is 46.2 Å². The fourth-order valence-corrected chi connectivity index (χ4v) is 2.44. The second-order valence-electron chi connectivity index (χ2n) is 6.07. The minimum atomic E-state index is -0.886. The van der Waals surface area contributed by atoms with E-state index in [0.29, 0.717) is 62.9 Å². The molecule has 0 aliphatic carbocycles. The van der Waals surface area contributed by atoms with Gasteiger partial charge in [0, 0.05) is 5.56 Å². The highest BCUT2D eigenvalue weighted by molar-refractivity contribution is 5.97. The summed E-state index contributed by atoms with van der Waals surface area (Å²) in [7, 11) is 0. The number of carboxylic acid groups (broad SMARTS) is 1. The molecule has 0 spiro atoms. The molecule has 8 nitrogen and oxygen atoms in total. The van der Waals surface area contributed by atoms with Crippen molar-refractivity contribution < 1.29 is 38.7 Å². The van der Waals surface area contributed by atoms with Crippen molar-refractivity contribution in [2.45, 2.75) is 33.1 Å². The molecule has 1 aromatic carbocycles. The lowest BCUT2D eigenvalue weighted by atomic mass is 10.0. The van der Waals surface area contributed by atoms with Crippen LogP contribution in [0.1, 0.15) is 42.6 Å². The fourth-order valence-electron chi connectivity index (χ4n) is 2.44. The smallest absolute Gasteiger partial charge is 0.305 e. The number of carboxylic acids is 1. The summed E-state index contributed by atoms with van der Waals surface area (Å²) in [5, 5.41) is 18.7. The van der Waals surface area contributed by atoms with E-state index in [2.05, 4.69) is 0 Å². The molecule has 0 aromatic heterocycles. The number of hydrogen-bond acceptors (Lipinski definition) is 7. The lowest BCUT2D eigenvalue weighted by Crippen LogP contribution is -2.13. The van der Waals surface area contributed by atoms with E-state index in [-0.39, 0.29) is 24.6 Å². The summed E-state index contributed by atoms with van der Waals surface area (Å²) in [4.78, 5) is 21.9. The van der Waals surface area contributed by atoms with E-state index in [0.717, 1.165) is 6.42 Å². The monoisotopic (exact) mass is 398 g/mol. The molecule has 0 amide bonds. The summed E-state index contributed by atoms with van der Waals surface area (Å²) in [5.41, 5.74) is 0.942. The van der Waals surface area contributed by atoms with Gasteiger partial charge in [0.25, 0.3) is 0 Å². The van der Waals surface area contributed by atoms with Crippen LogP contribution in [0.3, 0.4) is 0 Å². The van der Waals surface area contributed by atoms with E-state index in [9.17, 15) is 14.7 Å². The average Bonchev–Trinajstić information content (AvgIpc) is 2.64. The number of rotatable bonds is 16. The van der Waals surface area contributed by atoms with Crippen LogP contribution in [0, 0.1) is 0 Å². The molecule has 0 saturated carbocycles. The lowest BCUT2D eigenvalue weighted by molar-refractivity contribution is -0.138. The number of ether oxygens (including phenoxy) is 4.